The molecule has 0 aliphatic carbocycles. The number of fused-ring (bicyclic) bond motifs is 1. The second kappa shape index (κ2) is 17.9. The van der Waals surface area contributed by atoms with Crippen molar-refractivity contribution in [2.24, 2.45) is 0 Å². The number of ether oxygens (including phenoxy) is 1. The molecule has 1 unspecified atom stereocenters. The predicted molar refractivity (Wildman–Crippen MR) is 197 cm³/mol. The number of amides is 3. The number of nitrogens with zero attached hydrogens (tertiary/aromatic N) is 1. The molecule has 0 spiro atoms. The first kappa shape index (κ1) is 39.6. The first-order valence-corrected chi connectivity index (χ1v) is 17.0. The van der Waals surface area contributed by atoms with Gasteiger partial charge in [0.2, 0.25) is 5.91 Å². The van der Waals surface area contributed by atoms with E-state index in [1.54, 1.807) is 54.6 Å². The maximum absolute atomic E-state index is 13.5. The Bertz CT molecular complexity index is 2110. The molecule has 1 aliphatic rings. The minimum atomic E-state index is -5.08. The molecule has 15 heteroatoms. The summed E-state index contributed by atoms with van der Waals surface area (Å²) in [6.07, 6.45) is -4.11. The smallest absolute Gasteiger partial charge is 0.490 e. The zero-order chi connectivity index (χ0) is 39.5. The molecule has 0 radical (unpaired) electrons. The Morgan fingerprint density at radius 2 is 1.40 bits per heavy atom. The summed E-state index contributed by atoms with van der Waals surface area (Å²) in [5.41, 5.74) is 2.58. The molecule has 1 saturated heterocycles. The summed E-state index contributed by atoms with van der Waals surface area (Å²) < 4.78 is 37.4. The van der Waals surface area contributed by atoms with Gasteiger partial charge in [0, 0.05) is 43.2 Å². The Labute approximate surface area is 313 Å². The molecule has 1 fully saturated rings. The number of esters is 1. The van der Waals surface area contributed by atoms with Crippen molar-refractivity contribution in [3.05, 3.63) is 132 Å². The molecule has 2 atom stereocenters. The van der Waals surface area contributed by atoms with Crippen molar-refractivity contribution < 1.29 is 52.4 Å². The van der Waals surface area contributed by atoms with Crippen LogP contribution in [0, 0.1) is 0 Å². The van der Waals surface area contributed by atoms with E-state index < -0.39 is 30.2 Å². The van der Waals surface area contributed by atoms with Gasteiger partial charge in [0.05, 0.1) is 5.56 Å². The number of benzene rings is 5. The number of phenolic OH excluding ortho intramolecular Hbond substituents is 2. The summed E-state index contributed by atoms with van der Waals surface area (Å²) in [7, 11) is 0. The van der Waals surface area contributed by atoms with Crippen LogP contribution in [0.1, 0.15) is 27.9 Å². The van der Waals surface area contributed by atoms with E-state index >= 15 is 0 Å². The number of anilines is 1. The first-order valence-electron chi connectivity index (χ1n) is 17.0. The molecule has 5 aromatic rings. The number of aliphatic carboxylic acids is 1. The number of hydrogen-bond acceptors (Lipinski definition) is 8. The Morgan fingerprint density at radius 3 is 2.04 bits per heavy atom. The van der Waals surface area contributed by atoms with Gasteiger partial charge in [-0.2, -0.15) is 13.2 Å². The molecule has 0 aromatic heterocycles. The van der Waals surface area contributed by atoms with E-state index in [2.05, 4.69) is 20.9 Å². The van der Waals surface area contributed by atoms with Gasteiger partial charge >= 0.3 is 24.1 Å². The van der Waals surface area contributed by atoms with Crippen LogP contribution < -0.4 is 20.7 Å². The average Bonchev–Trinajstić information content (AvgIpc) is 3.59. The van der Waals surface area contributed by atoms with E-state index in [9.17, 15) is 37.8 Å². The van der Waals surface area contributed by atoms with Crippen molar-refractivity contribution in [2.45, 2.75) is 37.6 Å². The van der Waals surface area contributed by atoms with E-state index in [0.29, 0.717) is 30.1 Å². The summed E-state index contributed by atoms with van der Waals surface area (Å²) in [4.78, 5) is 50.6. The standard InChI is InChI=1S/C38H36N4O6.C2HF3O2/c43-31-16-8-25(9-17-31)22-34(36(45)39-30-20-21-42(24-30)23-26-10-18-32(44)19-11-26)41-38(47)40-29-14-12-28(13-15-29)37(46)48-35-7-3-5-27-4-1-2-6-33(27)35;3-2(4,5)1(6)7/h1-19,30,34,43-44H,20-24H2,(H,39,45)(H2,40,41,47);(H,6,7)/t30?,34-;/m0./s1. The zero-order valence-corrected chi connectivity index (χ0v) is 29.1. The summed E-state index contributed by atoms with van der Waals surface area (Å²) in [6, 6.07) is 31.5. The topological polar surface area (TPSA) is 178 Å². The van der Waals surface area contributed by atoms with Gasteiger partial charge in [0.25, 0.3) is 0 Å². The highest BCUT2D eigenvalue weighted by Gasteiger charge is 2.38. The fourth-order valence-corrected chi connectivity index (χ4v) is 5.79. The number of alkyl halides is 3. The largest absolute Gasteiger partial charge is 0.508 e. The number of hydrogen-bond donors (Lipinski definition) is 6. The van der Waals surface area contributed by atoms with Gasteiger partial charge in [-0.1, -0.05) is 60.7 Å². The lowest BCUT2D eigenvalue weighted by molar-refractivity contribution is -0.192. The SMILES string of the molecule is O=C(Nc1ccc(C(=O)Oc2cccc3ccccc23)cc1)N[C@@H](Cc1ccc(O)cc1)C(=O)NC1CCN(Cc2ccc(O)cc2)C1.O=C(O)C(F)(F)F. The van der Waals surface area contributed by atoms with Crippen LogP contribution in [0.5, 0.6) is 17.2 Å². The number of likely N-dealkylation sites (tertiary alicyclic amines) is 1. The minimum Gasteiger partial charge on any atom is -0.508 e. The Morgan fingerprint density at radius 1 is 0.800 bits per heavy atom. The van der Waals surface area contributed by atoms with E-state index in [4.69, 9.17) is 14.6 Å². The highest BCUT2D eigenvalue weighted by atomic mass is 19.4. The second-order valence-corrected chi connectivity index (χ2v) is 12.7. The van der Waals surface area contributed by atoms with Gasteiger partial charge < -0.3 is 36.0 Å². The Hall–Kier alpha value is -6.61. The van der Waals surface area contributed by atoms with Crippen molar-refractivity contribution in [1.29, 1.82) is 0 Å². The van der Waals surface area contributed by atoms with Crippen LogP contribution >= 0.6 is 0 Å². The second-order valence-electron chi connectivity index (χ2n) is 12.7. The normalized spacial score (nSPS) is 14.6. The quantitative estimate of drug-likeness (QED) is 0.0712. The van der Waals surface area contributed by atoms with Gasteiger partial charge in [-0.05, 0) is 77.5 Å². The Balaban J connectivity index is 0.000000757. The number of carboxylic acid groups (broad SMARTS) is 1. The van der Waals surface area contributed by atoms with E-state index in [1.165, 1.54) is 12.1 Å². The highest BCUT2D eigenvalue weighted by molar-refractivity contribution is 5.97. The summed E-state index contributed by atoms with van der Waals surface area (Å²) in [5.74, 6) is -2.82. The molecule has 1 heterocycles. The van der Waals surface area contributed by atoms with Crippen molar-refractivity contribution in [3.63, 3.8) is 0 Å². The van der Waals surface area contributed by atoms with E-state index in [-0.39, 0.29) is 29.9 Å². The molecule has 0 saturated carbocycles. The molecular weight excluding hydrogens is 721 g/mol. The van der Waals surface area contributed by atoms with Crippen LogP contribution in [-0.2, 0) is 22.6 Å². The van der Waals surface area contributed by atoms with Crippen LogP contribution in [0.25, 0.3) is 10.8 Å². The molecule has 6 rings (SSSR count). The third kappa shape index (κ3) is 11.7. The van der Waals surface area contributed by atoms with Crippen molar-refractivity contribution in [2.75, 3.05) is 18.4 Å². The van der Waals surface area contributed by atoms with Gasteiger partial charge in [-0.3, -0.25) is 9.69 Å². The van der Waals surface area contributed by atoms with Gasteiger partial charge in [0.1, 0.15) is 23.3 Å². The zero-order valence-electron chi connectivity index (χ0n) is 29.1. The molecular formula is C40H37F3N4O8. The number of aromatic hydroxyl groups is 2. The molecule has 3 amide bonds. The third-order valence-corrected chi connectivity index (χ3v) is 8.53. The van der Waals surface area contributed by atoms with Crippen molar-refractivity contribution in [1.82, 2.24) is 15.5 Å². The minimum absolute atomic E-state index is 0.0945. The molecule has 0 bridgehead atoms. The van der Waals surface area contributed by atoms with Crippen molar-refractivity contribution >= 4 is 40.3 Å². The number of carbonyl (C=O) groups is 4. The third-order valence-electron chi connectivity index (χ3n) is 8.53. The number of urea groups is 1. The van der Waals surface area contributed by atoms with Crippen LogP contribution in [0.4, 0.5) is 23.7 Å². The number of carboxylic acids is 1. The summed E-state index contributed by atoms with van der Waals surface area (Å²) in [5, 5.41) is 36.8. The molecule has 12 nitrogen and oxygen atoms in total. The van der Waals surface area contributed by atoms with Crippen LogP contribution in [-0.4, -0.2) is 75.4 Å². The van der Waals surface area contributed by atoms with E-state index in [0.717, 1.165) is 34.9 Å². The fourth-order valence-electron chi connectivity index (χ4n) is 5.79. The Kier molecular flexibility index (Phi) is 12.9. The number of nitrogens with one attached hydrogen (secondary N) is 3. The van der Waals surface area contributed by atoms with Crippen LogP contribution in [0.2, 0.25) is 0 Å². The number of phenols is 2. The highest BCUT2D eigenvalue weighted by Crippen LogP contribution is 2.26. The lowest BCUT2D eigenvalue weighted by Crippen LogP contribution is -2.52. The lowest BCUT2D eigenvalue weighted by atomic mass is 10.0. The van der Waals surface area contributed by atoms with Crippen LogP contribution in [0.3, 0.4) is 0 Å². The number of carbonyl (C=O) groups excluding carboxylic acids is 3. The monoisotopic (exact) mass is 758 g/mol. The van der Waals surface area contributed by atoms with Gasteiger partial charge in [0.15, 0.2) is 0 Å². The number of rotatable bonds is 10. The lowest BCUT2D eigenvalue weighted by Gasteiger charge is -2.22. The van der Waals surface area contributed by atoms with Gasteiger partial charge in [-0.15, -0.1) is 0 Å². The summed E-state index contributed by atoms with van der Waals surface area (Å²) in [6.45, 7) is 2.15. The van der Waals surface area contributed by atoms with Crippen LogP contribution in [0.15, 0.2) is 115 Å². The van der Waals surface area contributed by atoms with Crippen molar-refractivity contribution in [3.8, 4) is 17.2 Å². The van der Waals surface area contributed by atoms with Gasteiger partial charge in [-0.25, -0.2) is 14.4 Å². The first-order chi connectivity index (χ1) is 26.2. The number of halogens is 3. The van der Waals surface area contributed by atoms with E-state index in [1.807, 2.05) is 48.5 Å². The summed E-state index contributed by atoms with van der Waals surface area (Å²) >= 11 is 0. The molecule has 1 aliphatic heterocycles. The molecule has 5 aromatic carbocycles. The molecule has 6 N–H and O–H groups in total. The predicted octanol–water partition coefficient (Wildman–Crippen LogP) is 6.23. The maximum Gasteiger partial charge on any atom is 0.490 e. The fraction of sp³-hybridized carbons (Fsp3) is 0.200. The molecule has 286 valence electrons. The average molecular weight is 759 g/mol. The maximum atomic E-state index is 13.5. The molecule has 55 heavy (non-hydrogen) atoms.